The number of H-pyrrole nitrogens is 1. The zero-order chi connectivity index (χ0) is 21.0. The Labute approximate surface area is 173 Å². The lowest BCUT2D eigenvalue weighted by atomic mass is 10.1. The van der Waals surface area contributed by atoms with Gasteiger partial charge in [-0.05, 0) is 17.7 Å². The van der Waals surface area contributed by atoms with E-state index >= 15 is 0 Å². The Balaban J connectivity index is 1.93. The fourth-order valence-electron chi connectivity index (χ4n) is 2.66. The molecular weight excluding hydrogens is 390 g/mol. The molecule has 7 nitrogen and oxygen atoms in total. The first-order valence-corrected chi connectivity index (χ1v) is 9.38. The van der Waals surface area contributed by atoms with Gasteiger partial charge in [0, 0.05) is 36.5 Å². The minimum atomic E-state index is -0.329. The van der Waals surface area contributed by atoms with Gasteiger partial charge in [-0.1, -0.05) is 37.4 Å². The Morgan fingerprint density at radius 3 is 2.93 bits per heavy atom. The molecule has 1 aliphatic heterocycles. The number of aromatic nitrogens is 2. The van der Waals surface area contributed by atoms with E-state index < -0.39 is 0 Å². The van der Waals surface area contributed by atoms with Crippen LogP contribution >= 0.6 is 11.6 Å². The Hall–Kier alpha value is -3.37. The summed E-state index contributed by atoms with van der Waals surface area (Å²) in [5.41, 5.74) is 1.65. The molecule has 1 amide bonds. The number of benzene rings is 1. The van der Waals surface area contributed by atoms with Crippen molar-refractivity contribution in [2.24, 2.45) is 10.9 Å². The van der Waals surface area contributed by atoms with Crippen LogP contribution in [0.25, 0.3) is 11.4 Å². The van der Waals surface area contributed by atoms with Crippen molar-refractivity contribution in [1.29, 1.82) is 0 Å². The average molecular weight is 410 g/mol. The highest BCUT2D eigenvalue weighted by Gasteiger charge is 2.14. The van der Waals surface area contributed by atoms with Gasteiger partial charge in [-0.15, -0.1) is 6.42 Å². The summed E-state index contributed by atoms with van der Waals surface area (Å²) in [5, 5.41) is 3.29. The van der Waals surface area contributed by atoms with Crippen LogP contribution in [0.1, 0.15) is 19.4 Å². The number of rotatable bonds is 5. The number of carbonyl (C=O) groups excluding carboxylic acids is 1. The van der Waals surface area contributed by atoms with Gasteiger partial charge in [0.1, 0.15) is 18.3 Å². The minimum Gasteiger partial charge on any atom is -0.352 e. The number of anilines is 1. The summed E-state index contributed by atoms with van der Waals surface area (Å²) in [4.78, 5) is 37.2. The van der Waals surface area contributed by atoms with Crippen LogP contribution in [0.2, 0.25) is 5.02 Å². The van der Waals surface area contributed by atoms with E-state index in [1.165, 1.54) is 6.07 Å². The minimum absolute atomic E-state index is 0.0446. The predicted molar refractivity (Wildman–Crippen MR) is 115 cm³/mol. The molecule has 0 saturated carbocycles. The molecule has 0 fully saturated rings. The maximum atomic E-state index is 12.2. The number of nitrogens with one attached hydrogen (secondary N) is 2. The van der Waals surface area contributed by atoms with Gasteiger partial charge in [-0.2, -0.15) is 0 Å². The SMILES string of the molecule is C#CC1=CN(c2cc(=O)[nH]c(-c3cc(CNC(=O)C(C)C)ccc3Cl)n2)CN=C1. The molecule has 0 aliphatic carbocycles. The molecule has 2 N–H and O–H groups in total. The highest BCUT2D eigenvalue weighted by molar-refractivity contribution is 6.33. The number of halogens is 1. The topological polar surface area (TPSA) is 90.5 Å². The third-order valence-electron chi connectivity index (χ3n) is 4.23. The van der Waals surface area contributed by atoms with Crippen molar-refractivity contribution in [2.45, 2.75) is 20.4 Å². The smallest absolute Gasteiger partial charge is 0.253 e. The Bertz CT molecular complexity index is 1090. The number of hydrogen-bond acceptors (Lipinski definition) is 5. The fraction of sp³-hybridized carbons (Fsp3) is 0.238. The highest BCUT2D eigenvalue weighted by Crippen LogP contribution is 2.27. The molecule has 0 bridgehead atoms. The van der Waals surface area contributed by atoms with Crippen molar-refractivity contribution in [2.75, 3.05) is 11.6 Å². The average Bonchev–Trinajstić information content (AvgIpc) is 2.72. The first-order valence-electron chi connectivity index (χ1n) is 9.00. The Morgan fingerprint density at radius 1 is 1.41 bits per heavy atom. The molecule has 0 saturated heterocycles. The Kier molecular flexibility index (Phi) is 6.15. The lowest BCUT2D eigenvalue weighted by Gasteiger charge is -2.20. The monoisotopic (exact) mass is 409 g/mol. The summed E-state index contributed by atoms with van der Waals surface area (Å²) in [5.74, 6) is 3.09. The quantitative estimate of drug-likeness (QED) is 0.743. The maximum Gasteiger partial charge on any atom is 0.253 e. The molecule has 1 aromatic heterocycles. The lowest BCUT2D eigenvalue weighted by Crippen LogP contribution is -2.27. The number of nitrogens with zero attached hydrogens (tertiary/aromatic N) is 3. The second-order valence-electron chi connectivity index (χ2n) is 6.79. The fourth-order valence-corrected chi connectivity index (χ4v) is 2.87. The van der Waals surface area contributed by atoms with E-state index in [2.05, 4.69) is 26.2 Å². The van der Waals surface area contributed by atoms with E-state index in [4.69, 9.17) is 18.0 Å². The number of amides is 1. The highest BCUT2D eigenvalue weighted by atomic mass is 35.5. The van der Waals surface area contributed by atoms with Crippen LogP contribution in [0.4, 0.5) is 5.82 Å². The summed E-state index contributed by atoms with van der Waals surface area (Å²) in [6.07, 6.45) is 8.73. The number of carbonyl (C=O) groups is 1. The second kappa shape index (κ2) is 8.76. The third kappa shape index (κ3) is 4.92. The molecule has 148 valence electrons. The van der Waals surface area contributed by atoms with Gasteiger partial charge in [-0.3, -0.25) is 14.6 Å². The molecule has 0 radical (unpaired) electrons. The summed E-state index contributed by atoms with van der Waals surface area (Å²) in [6, 6.07) is 6.69. The van der Waals surface area contributed by atoms with Crippen LogP contribution in [0.3, 0.4) is 0 Å². The second-order valence-corrected chi connectivity index (χ2v) is 7.20. The third-order valence-corrected chi connectivity index (χ3v) is 4.55. The van der Waals surface area contributed by atoms with Crippen LogP contribution < -0.4 is 15.8 Å². The number of aliphatic imine (C=N–C) groups is 1. The summed E-state index contributed by atoms with van der Waals surface area (Å²) in [6.45, 7) is 4.30. The summed E-state index contributed by atoms with van der Waals surface area (Å²) in [7, 11) is 0. The van der Waals surface area contributed by atoms with Gasteiger partial charge in [0.25, 0.3) is 5.56 Å². The van der Waals surface area contributed by atoms with Crippen LogP contribution in [0.15, 0.2) is 45.8 Å². The van der Waals surface area contributed by atoms with E-state index in [0.717, 1.165) is 5.56 Å². The zero-order valence-electron chi connectivity index (χ0n) is 16.1. The van der Waals surface area contributed by atoms with E-state index in [0.29, 0.717) is 41.0 Å². The number of terminal acetylenes is 1. The number of aromatic amines is 1. The van der Waals surface area contributed by atoms with Gasteiger partial charge in [0.2, 0.25) is 5.91 Å². The van der Waals surface area contributed by atoms with Crippen molar-refractivity contribution < 1.29 is 4.79 Å². The molecule has 3 rings (SSSR count). The van der Waals surface area contributed by atoms with Crippen LogP contribution in [0, 0.1) is 18.3 Å². The van der Waals surface area contributed by atoms with Crippen molar-refractivity contribution in [3.63, 3.8) is 0 Å². The van der Waals surface area contributed by atoms with E-state index in [1.807, 2.05) is 19.9 Å². The molecule has 0 atom stereocenters. The molecule has 0 spiro atoms. The molecule has 2 aromatic rings. The molecule has 29 heavy (non-hydrogen) atoms. The maximum absolute atomic E-state index is 12.2. The van der Waals surface area contributed by atoms with Gasteiger partial charge < -0.3 is 15.2 Å². The predicted octanol–water partition coefficient (Wildman–Crippen LogP) is 2.73. The largest absolute Gasteiger partial charge is 0.352 e. The molecular formula is C21H20ClN5O2. The van der Waals surface area contributed by atoms with Crippen LogP contribution in [0.5, 0.6) is 0 Å². The molecule has 2 heterocycles. The first-order chi connectivity index (χ1) is 13.9. The molecule has 0 unspecified atom stereocenters. The zero-order valence-corrected chi connectivity index (χ0v) is 16.8. The van der Waals surface area contributed by atoms with Gasteiger partial charge in [0.15, 0.2) is 0 Å². The number of allylic oxidation sites excluding steroid dienone is 1. The van der Waals surface area contributed by atoms with Crippen LogP contribution in [-0.2, 0) is 11.3 Å². The van der Waals surface area contributed by atoms with E-state index in [1.54, 1.807) is 29.4 Å². The van der Waals surface area contributed by atoms with Crippen molar-refractivity contribution in [3.05, 3.63) is 57.0 Å². The Morgan fingerprint density at radius 2 is 2.21 bits per heavy atom. The van der Waals surface area contributed by atoms with Crippen LogP contribution in [-0.4, -0.2) is 28.8 Å². The molecule has 1 aliphatic rings. The van der Waals surface area contributed by atoms with Gasteiger partial charge in [-0.25, -0.2) is 4.98 Å². The van der Waals surface area contributed by atoms with Crippen molar-refractivity contribution >= 4 is 29.5 Å². The summed E-state index contributed by atoms with van der Waals surface area (Å²) >= 11 is 6.36. The van der Waals surface area contributed by atoms with E-state index in [-0.39, 0.29) is 17.4 Å². The summed E-state index contributed by atoms with van der Waals surface area (Å²) < 4.78 is 0. The first kappa shape index (κ1) is 20.4. The molecule has 1 aromatic carbocycles. The van der Waals surface area contributed by atoms with Gasteiger partial charge in [0.05, 0.1) is 10.6 Å². The number of hydrogen-bond donors (Lipinski definition) is 2. The molecule has 8 heteroatoms. The van der Waals surface area contributed by atoms with Crippen molar-refractivity contribution in [3.8, 4) is 23.7 Å². The standard InChI is InChI=1S/C21H20ClN5O2/c1-4-14-9-23-12-27(11-14)18-8-19(28)26-20(25-18)16-7-15(5-6-17(16)22)10-24-21(29)13(2)3/h1,5-9,11,13H,10,12H2,2-3H3,(H,24,29)(H,25,26,28). The normalized spacial score (nSPS) is 13.2. The lowest BCUT2D eigenvalue weighted by molar-refractivity contribution is -0.124. The van der Waals surface area contributed by atoms with Crippen molar-refractivity contribution in [1.82, 2.24) is 15.3 Å². The van der Waals surface area contributed by atoms with E-state index in [9.17, 15) is 9.59 Å². The van der Waals surface area contributed by atoms with Gasteiger partial charge >= 0.3 is 0 Å².